The van der Waals surface area contributed by atoms with Gasteiger partial charge in [-0.3, -0.25) is 19.8 Å². The van der Waals surface area contributed by atoms with Gasteiger partial charge in [0.25, 0.3) is 11.8 Å². The minimum atomic E-state index is -0.490. The predicted molar refractivity (Wildman–Crippen MR) is 96.7 cm³/mol. The topological polar surface area (TPSA) is 49.4 Å². The monoisotopic (exact) mass is 362 g/mol. The first-order chi connectivity index (χ1) is 11.0. The fourth-order valence-corrected chi connectivity index (χ4v) is 3.38. The Morgan fingerprint density at radius 2 is 1.87 bits per heavy atom. The normalized spacial score (nSPS) is 16.9. The molecule has 0 aliphatic carbocycles. The summed E-state index contributed by atoms with van der Waals surface area (Å²) in [4.78, 5) is 28.1. The van der Waals surface area contributed by atoms with Crippen molar-refractivity contribution in [1.82, 2.24) is 5.32 Å². The summed E-state index contributed by atoms with van der Waals surface area (Å²) in [7, 11) is 0. The van der Waals surface area contributed by atoms with Crippen LogP contribution in [0.4, 0.5) is 5.69 Å². The fraction of sp³-hybridized carbons (Fsp3) is 0.0625. The lowest BCUT2D eigenvalue weighted by molar-refractivity contribution is -0.122. The summed E-state index contributed by atoms with van der Waals surface area (Å²) >= 11 is 12.5. The summed E-state index contributed by atoms with van der Waals surface area (Å²) in [6, 6.07) is 10.5. The number of thiocarbonyl (C=S) groups is 1. The van der Waals surface area contributed by atoms with Crippen LogP contribution in [0.3, 0.4) is 0 Å². The lowest BCUT2D eigenvalue weighted by Crippen LogP contribution is -2.54. The van der Waals surface area contributed by atoms with Crippen LogP contribution in [0, 0.1) is 6.92 Å². The van der Waals surface area contributed by atoms with Gasteiger partial charge in [0.15, 0.2) is 5.11 Å². The Morgan fingerprint density at radius 3 is 2.48 bits per heavy atom. The molecule has 1 fully saturated rings. The maximum atomic E-state index is 12.7. The van der Waals surface area contributed by atoms with Crippen molar-refractivity contribution in [3.63, 3.8) is 0 Å². The molecule has 0 spiro atoms. The first kappa shape index (κ1) is 15.9. The number of nitrogens with zero attached hydrogens (tertiary/aromatic N) is 1. The third kappa shape index (κ3) is 3.19. The molecule has 7 heteroatoms. The van der Waals surface area contributed by atoms with Gasteiger partial charge in [0.1, 0.15) is 5.57 Å². The molecule has 3 rings (SSSR count). The molecule has 1 aliphatic rings. The molecule has 2 heterocycles. The maximum Gasteiger partial charge on any atom is 0.270 e. The molecule has 4 nitrogen and oxygen atoms in total. The molecule has 0 unspecified atom stereocenters. The van der Waals surface area contributed by atoms with E-state index in [9.17, 15) is 9.59 Å². The molecule has 116 valence electrons. The van der Waals surface area contributed by atoms with Crippen molar-refractivity contribution in [2.75, 3.05) is 4.90 Å². The molecule has 1 saturated heterocycles. The quantitative estimate of drug-likeness (QED) is 0.505. The Hall–Kier alpha value is -2.02. The van der Waals surface area contributed by atoms with Crippen LogP contribution in [0.15, 0.2) is 42.0 Å². The smallest absolute Gasteiger partial charge is 0.270 e. The van der Waals surface area contributed by atoms with E-state index >= 15 is 0 Å². The molecule has 1 aromatic carbocycles. The van der Waals surface area contributed by atoms with Crippen molar-refractivity contribution in [3.05, 3.63) is 56.7 Å². The van der Waals surface area contributed by atoms with Crippen molar-refractivity contribution in [1.29, 1.82) is 0 Å². The molecular weight excluding hydrogens is 352 g/mol. The number of hydrogen-bond acceptors (Lipinski definition) is 4. The lowest BCUT2D eigenvalue weighted by Gasteiger charge is -2.28. The predicted octanol–water partition coefficient (Wildman–Crippen LogP) is 3.54. The van der Waals surface area contributed by atoms with Crippen LogP contribution in [0.5, 0.6) is 0 Å². The number of rotatable bonds is 2. The van der Waals surface area contributed by atoms with Crippen LogP contribution in [-0.2, 0) is 9.59 Å². The van der Waals surface area contributed by atoms with Crippen molar-refractivity contribution in [2.24, 2.45) is 0 Å². The molecule has 1 aromatic heterocycles. The summed E-state index contributed by atoms with van der Waals surface area (Å²) in [5.41, 5.74) is 0.605. The van der Waals surface area contributed by atoms with E-state index in [2.05, 4.69) is 5.32 Å². The van der Waals surface area contributed by atoms with Gasteiger partial charge in [0, 0.05) is 14.8 Å². The third-order valence-electron chi connectivity index (χ3n) is 3.23. The number of hydrogen-bond donors (Lipinski definition) is 1. The standard InChI is InChI=1S/C16H11ClN2O2S2/c1-9-2-7-12(23-9)8-13-14(20)18-16(22)19(15(13)21)11-5-3-10(17)4-6-11/h2-8H,1H3,(H,18,20,22)/b13-8+. The summed E-state index contributed by atoms with van der Waals surface area (Å²) in [6.07, 6.45) is 1.58. The Bertz CT molecular complexity index is 840. The molecule has 1 N–H and O–H groups in total. The molecule has 0 saturated carbocycles. The molecule has 1 aliphatic heterocycles. The second-order valence-corrected chi connectivity index (χ2v) is 7.03. The SMILES string of the molecule is Cc1ccc(/C=C2\C(=O)NC(=S)N(c3ccc(Cl)cc3)C2=O)s1. The van der Waals surface area contributed by atoms with E-state index in [1.54, 1.807) is 30.3 Å². The number of thiophene rings is 1. The van der Waals surface area contributed by atoms with Crippen LogP contribution >= 0.6 is 35.2 Å². The molecule has 2 amide bonds. The Labute approximate surface area is 147 Å². The van der Waals surface area contributed by atoms with E-state index in [0.29, 0.717) is 10.7 Å². The number of anilines is 1. The number of aryl methyl sites for hydroxylation is 1. The largest absolute Gasteiger partial charge is 0.298 e. The van der Waals surface area contributed by atoms with Gasteiger partial charge in [-0.15, -0.1) is 11.3 Å². The highest BCUT2D eigenvalue weighted by Crippen LogP contribution is 2.25. The maximum absolute atomic E-state index is 12.7. The van der Waals surface area contributed by atoms with E-state index in [4.69, 9.17) is 23.8 Å². The van der Waals surface area contributed by atoms with Gasteiger partial charge in [-0.1, -0.05) is 11.6 Å². The third-order valence-corrected chi connectivity index (χ3v) is 4.72. The van der Waals surface area contributed by atoms with E-state index in [-0.39, 0.29) is 10.7 Å². The number of benzene rings is 1. The van der Waals surface area contributed by atoms with Gasteiger partial charge in [0.05, 0.1) is 5.69 Å². The molecular formula is C16H11ClN2O2S2. The second-order valence-electron chi connectivity index (χ2n) is 4.88. The van der Waals surface area contributed by atoms with Gasteiger partial charge in [-0.2, -0.15) is 0 Å². The minimum absolute atomic E-state index is 0.0513. The Balaban J connectivity index is 2.00. The van der Waals surface area contributed by atoms with Crippen LogP contribution in [0.25, 0.3) is 6.08 Å². The van der Waals surface area contributed by atoms with Crippen LogP contribution in [0.1, 0.15) is 9.75 Å². The zero-order chi connectivity index (χ0) is 16.6. The number of carbonyl (C=O) groups excluding carboxylic acids is 2. The fourth-order valence-electron chi connectivity index (χ4n) is 2.16. The van der Waals surface area contributed by atoms with Crippen molar-refractivity contribution < 1.29 is 9.59 Å². The molecule has 0 radical (unpaired) electrons. The summed E-state index contributed by atoms with van der Waals surface area (Å²) < 4.78 is 0. The number of amides is 2. The van der Waals surface area contributed by atoms with Crippen LogP contribution in [-0.4, -0.2) is 16.9 Å². The zero-order valence-electron chi connectivity index (χ0n) is 12.0. The van der Waals surface area contributed by atoms with Gasteiger partial charge in [-0.25, -0.2) is 0 Å². The average molecular weight is 363 g/mol. The summed E-state index contributed by atoms with van der Waals surface area (Å²) in [6.45, 7) is 1.96. The highest BCUT2D eigenvalue weighted by Gasteiger charge is 2.34. The molecule has 0 bridgehead atoms. The van der Waals surface area contributed by atoms with Gasteiger partial charge >= 0.3 is 0 Å². The van der Waals surface area contributed by atoms with Gasteiger partial charge in [0.2, 0.25) is 0 Å². The summed E-state index contributed by atoms with van der Waals surface area (Å²) in [5.74, 6) is -0.941. The van der Waals surface area contributed by atoms with Crippen molar-refractivity contribution in [2.45, 2.75) is 6.92 Å². The Morgan fingerprint density at radius 1 is 1.17 bits per heavy atom. The zero-order valence-corrected chi connectivity index (χ0v) is 14.4. The van der Waals surface area contributed by atoms with E-state index in [1.165, 1.54) is 16.2 Å². The van der Waals surface area contributed by atoms with E-state index in [1.807, 2.05) is 19.1 Å². The first-order valence-corrected chi connectivity index (χ1v) is 8.29. The lowest BCUT2D eigenvalue weighted by atomic mass is 10.1. The van der Waals surface area contributed by atoms with Crippen LogP contribution < -0.4 is 10.2 Å². The van der Waals surface area contributed by atoms with Crippen molar-refractivity contribution >= 4 is 63.8 Å². The minimum Gasteiger partial charge on any atom is -0.298 e. The molecule has 0 atom stereocenters. The second kappa shape index (κ2) is 6.23. The van der Waals surface area contributed by atoms with Gasteiger partial charge in [-0.05, 0) is 61.6 Å². The molecule has 23 heavy (non-hydrogen) atoms. The van der Waals surface area contributed by atoms with E-state index in [0.717, 1.165) is 9.75 Å². The summed E-state index contributed by atoms with van der Waals surface area (Å²) in [5, 5.41) is 3.16. The number of halogens is 1. The average Bonchev–Trinajstić information content (AvgIpc) is 2.91. The van der Waals surface area contributed by atoms with Gasteiger partial charge < -0.3 is 0 Å². The highest BCUT2D eigenvalue weighted by molar-refractivity contribution is 7.80. The number of nitrogens with one attached hydrogen (secondary N) is 1. The highest BCUT2D eigenvalue weighted by atomic mass is 35.5. The van der Waals surface area contributed by atoms with Crippen LogP contribution in [0.2, 0.25) is 5.02 Å². The van der Waals surface area contributed by atoms with Crippen molar-refractivity contribution in [3.8, 4) is 0 Å². The number of carbonyl (C=O) groups is 2. The Kier molecular flexibility index (Phi) is 4.30. The first-order valence-electron chi connectivity index (χ1n) is 6.69. The van der Waals surface area contributed by atoms with E-state index < -0.39 is 11.8 Å². The molecule has 2 aromatic rings.